The van der Waals surface area contributed by atoms with Gasteiger partial charge in [-0.3, -0.25) is 4.79 Å². The number of rotatable bonds is 8. The highest BCUT2D eigenvalue weighted by Crippen LogP contribution is 2.33. The summed E-state index contributed by atoms with van der Waals surface area (Å²) in [6.45, 7) is 9.13. The molecule has 1 aliphatic heterocycles. The zero-order valence-electron chi connectivity index (χ0n) is 15.5. The van der Waals surface area contributed by atoms with Crippen molar-refractivity contribution in [3.63, 3.8) is 0 Å². The summed E-state index contributed by atoms with van der Waals surface area (Å²) < 4.78 is 11.5. The van der Waals surface area contributed by atoms with Crippen molar-refractivity contribution in [1.82, 2.24) is 5.32 Å². The van der Waals surface area contributed by atoms with Gasteiger partial charge in [-0.1, -0.05) is 13.8 Å². The monoisotopic (exact) mass is 370 g/mol. The Kier molecular flexibility index (Phi) is 9.08. The molecule has 0 radical (unpaired) electrons. The first kappa shape index (κ1) is 21.6. The van der Waals surface area contributed by atoms with E-state index in [0.717, 1.165) is 50.2 Å². The lowest BCUT2D eigenvalue weighted by atomic mass is 9.82. The van der Waals surface area contributed by atoms with Crippen molar-refractivity contribution in [2.45, 2.75) is 46.5 Å². The number of carbonyl (C=O) groups is 1. The number of benzene rings is 1. The van der Waals surface area contributed by atoms with Gasteiger partial charge in [-0.15, -0.1) is 12.4 Å². The van der Waals surface area contributed by atoms with Crippen molar-refractivity contribution in [3.8, 4) is 11.5 Å². The molecule has 1 aliphatic rings. The van der Waals surface area contributed by atoms with Gasteiger partial charge in [0, 0.05) is 18.3 Å². The van der Waals surface area contributed by atoms with Crippen LogP contribution in [0.4, 0.5) is 5.69 Å². The van der Waals surface area contributed by atoms with E-state index in [-0.39, 0.29) is 23.7 Å². The number of hydrogen-bond donors (Lipinski definition) is 2. The minimum atomic E-state index is -0.361. The maximum absolute atomic E-state index is 12.6. The first-order chi connectivity index (χ1) is 11.6. The molecule has 25 heavy (non-hydrogen) atoms. The van der Waals surface area contributed by atoms with Gasteiger partial charge in [0.25, 0.3) is 0 Å². The summed E-state index contributed by atoms with van der Waals surface area (Å²) in [4.78, 5) is 12.6. The van der Waals surface area contributed by atoms with Crippen molar-refractivity contribution in [3.05, 3.63) is 18.2 Å². The van der Waals surface area contributed by atoms with Gasteiger partial charge in [0.05, 0.1) is 18.6 Å². The van der Waals surface area contributed by atoms with Gasteiger partial charge < -0.3 is 20.1 Å². The Balaban J connectivity index is 0.00000312. The van der Waals surface area contributed by atoms with Crippen molar-refractivity contribution >= 4 is 24.0 Å². The van der Waals surface area contributed by atoms with E-state index < -0.39 is 0 Å². The van der Waals surface area contributed by atoms with Crippen LogP contribution in [0.2, 0.25) is 0 Å². The van der Waals surface area contributed by atoms with Gasteiger partial charge in [-0.05, 0) is 51.3 Å². The Bertz CT molecular complexity index is 545. The van der Waals surface area contributed by atoms with E-state index in [2.05, 4.69) is 24.5 Å². The second-order valence-corrected chi connectivity index (χ2v) is 6.65. The van der Waals surface area contributed by atoms with Crippen molar-refractivity contribution in [1.29, 1.82) is 0 Å². The third-order valence-corrected chi connectivity index (χ3v) is 4.27. The average molecular weight is 371 g/mol. The highest BCUT2D eigenvalue weighted by atomic mass is 35.5. The van der Waals surface area contributed by atoms with E-state index in [1.165, 1.54) is 0 Å². The van der Waals surface area contributed by atoms with Crippen LogP contribution in [-0.4, -0.2) is 32.2 Å². The van der Waals surface area contributed by atoms with E-state index in [1.54, 1.807) is 0 Å². The summed E-state index contributed by atoms with van der Waals surface area (Å²) in [5.41, 5.74) is 0.391. The summed E-state index contributed by atoms with van der Waals surface area (Å²) in [7, 11) is 0. The molecule has 0 aromatic heterocycles. The molecule has 1 atom stereocenters. The second kappa shape index (κ2) is 10.5. The number of anilines is 1. The SMILES string of the molecule is CCCOc1ccc(NC(=O)C2(C)CCCNC2)cc1OCCC.Cl. The van der Waals surface area contributed by atoms with Crippen LogP contribution >= 0.6 is 12.4 Å². The predicted molar refractivity (Wildman–Crippen MR) is 104 cm³/mol. The van der Waals surface area contributed by atoms with E-state index in [1.807, 2.05) is 25.1 Å². The highest BCUT2D eigenvalue weighted by Gasteiger charge is 2.34. The predicted octanol–water partition coefficient (Wildman–Crippen LogP) is 4.01. The molecule has 5 nitrogen and oxygen atoms in total. The summed E-state index contributed by atoms with van der Waals surface area (Å²) in [5.74, 6) is 1.47. The van der Waals surface area contributed by atoms with Gasteiger partial charge in [-0.2, -0.15) is 0 Å². The third-order valence-electron chi connectivity index (χ3n) is 4.27. The molecule has 1 heterocycles. The molecule has 2 rings (SSSR count). The van der Waals surface area contributed by atoms with Crippen LogP contribution < -0.4 is 20.1 Å². The quantitative estimate of drug-likeness (QED) is 0.725. The number of halogens is 1. The number of ether oxygens (including phenoxy) is 2. The molecular weight excluding hydrogens is 340 g/mol. The Hall–Kier alpha value is -1.46. The molecule has 1 amide bonds. The molecule has 1 saturated heterocycles. The number of hydrogen-bond acceptors (Lipinski definition) is 4. The minimum absolute atomic E-state index is 0. The normalized spacial score (nSPS) is 19.6. The number of piperidine rings is 1. The van der Waals surface area contributed by atoms with Gasteiger partial charge in [0.15, 0.2) is 11.5 Å². The van der Waals surface area contributed by atoms with Crippen LogP contribution in [0.1, 0.15) is 46.5 Å². The van der Waals surface area contributed by atoms with Crippen LogP contribution in [0.15, 0.2) is 18.2 Å². The smallest absolute Gasteiger partial charge is 0.231 e. The van der Waals surface area contributed by atoms with Crippen LogP contribution in [-0.2, 0) is 4.79 Å². The Labute approximate surface area is 157 Å². The minimum Gasteiger partial charge on any atom is -0.490 e. The van der Waals surface area contributed by atoms with Gasteiger partial charge in [-0.25, -0.2) is 0 Å². The molecule has 0 bridgehead atoms. The Morgan fingerprint density at radius 2 is 1.88 bits per heavy atom. The molecule has 0 aliphatic carbocycles. The van der Waals surface area contributed by atoms with E-state index in [9.17, 15) is 4.79 Å². The summed E-state index contributed by atoms with van der Waals surface area (Å²) >= 11 is 0. The van der Waals surface area contributed by atoms with Crippen LogP contribution in [0, 0.1) is 5.41 Å². The fraction of sp³-hybridized carbons (Fsp3) is 0.632. The van der Waals surface area contributed by atoms with Gasteiger partial charge in [0.2, 0.25) is 5.91 Å². The van der Waals surface area contributed by atoms with Gasteiger partial charge in [0.1, 0.15) is 0 Å². The summed E-state index contributed by atoms with van der Waals surface area (Å²) in [6.07, 6.45) is 3.80. The second-order valence-electron chi connectivity index (χ2n) is 6.65. The molecule has 6 heteroatoms. The lowest BCUT2D eigenvalue weighted by Gasteiger charge is -2.32. The van der Waals surface area contributed by atoms with Crippen LogP contribution in [0.25, 0.3) is 0 Å². The zero-order valence-corrected chi connectivity index (χ0v) is 16.3. The number of carbonyl (C=O) groups excluding carboxylic acids is 1. The summed E-state index contributed by atoms with van der Waals surface area (Å²) in [6, 6.07) is 5.61. The molecule has 0 saturated carbocycles. The first-order valence-corrected chi connectivity index (χ1v) is 9.01. The molecule has 1 fully saturated rings. The Morgan fingerprint density at radius 1 is 1.20 bits per heavy atom. The average Bonchev–Trinajstić information content (AvgIpc) is 2.59. The Morgan fingerprint density at radius 3 is 2.48 bits per heavy atom. The molecule has 2 N–H and O–H groups in total. The maximum atomic E-state index is 12.6. The fourth-order valence-electron chi connectivity index (χ4n) is 2.77. The lowest BCUT2D eigenvalue weighted by Crippen LogP contribution is -2.46. The molecular formula is C19H31ClN2O3. The highest BCUT2D eigenvalue weighted by molar-refractivity contribution is 5.95. The van der Waals surface area contributed by atoms with Crippen LogP contribution in [0.3, 0.4) is 0 Å². The molecule has 142 valence electrons. The maximum Gasteiger partial charge on any atom is 0.231 e. The molecule has 1 unspecified atom stereocenters. The van der Waals surface area contributed by atoms with Crippen LogP contribution in [0.5, 0.6) is 11.5 Å². The molecule has 1 aromatic carbocycles. The largest absolute Gasteiger partial charge is 0.490 e. The van der Waals surface area contributed by atoms with E-state index in [0.29, 0.717) is 19.0 Å². The van der Waals surface area contributed by atoms with Crippen molar-refractivity contribution in [2.24, 2.45) is 5.41 Å². The van der Waals surface area contributed by atoms with E-state index >= 15 is 0 Å². The fourth-order valence-corrected chi connectivity index (χ4v) is 2.77. The molecule has 0 spiro atoms. The third kappa shape index (κ3) is 6.08. The topological polar surface area (TPSA) is 59.6 Å². The summed E-state index contributed by atoms with van der Waals surface area (Å²) in [5, 5.41) is 6.35. The van der Waals surface area contributed by atoms with Crippen molar-refractivity contribution in [2.75, 3.05) is 31.6 Å². The van der Waals surface area contributed by atoms with Crippen molar-refractivity contribution < 1.29 is 14.3 Å². The zero-order chi connectivity index (χ0) is 17.4. The number of amides is 1. The van der Waals surface area contributed by atoms with Gasteiger partial charge >= 0.3 is 0 Å². The molecule has 1 aromatic rings. The number of nitrogens with one attached hydrogen (secondary N) is 2. The lowest BCUT2D eigenvalue weighted by molar-refractivity contribution is -0.125. The van der Waals surface area contributed by atoms with E-state index in [4.69, 9.17) is 9.47 Å². The standard InChI is InChI=1S/C19H30N2O3.ClH/c1-4-11-23-16-8-7-15(13-17(16)24-12-5-2)21-18(22)19(3)9-6-10-20-14-19;/h7-8,13,20H,4-6,9-12,14H2,1-3H3,(H,21,22);1H. The first-order valence-electron chi connectivity index (χ1n) is 9.01.